The van der Waals surface area contributed by atoms with Crippen LogP contribution in [0.5, 0.6) is 5.75 Å². The normalized spacial score (nSPS) is 11.5. The number of para-hydroxylation sites is 2. The van der Waals surface area contributed by atoms with Crippen LogP contribution in [0, 0.1) is 5.82 Å². The van der Waals surface area contributed by atoms with E-state index in [2.05, 4.69) is 10.6 Å². The van der Waals surface area contributed by atoms with Gasteiger partial charge in [0.2, 0.25) is 0 Å². The van der Waals surface area contributed by atoms with E-state index in [4.69, 9.17) is 4.74 Å². The van der Waals surface area contributed by atoms with Crippen LogP contribution in [-0.4, -0.2) is 32.5 Å². The lowest BCUT2D eigenvalue weighted by atomic mass is 10.2. The van der Waals surface area contributed by atoms with Gasteiger partial charge in [-0.1, -0.05) is 24.3 Å². The Morgan fingerprint density at radius 2 is 1.71 bits per heavy atom. The lowest BCUT2D eigenvalue weighted by molar-refractivity contribution is -0.885. The van der Waals surface area contributed by atoms with Crippen LogP contribution in [0.2, 0.25) is 0 Å². The number of quaternary nitrogens is 1. The largest absolute Gasteiger partial charge is 0.495 e. The number of halogens is 1. The first-order valence-electron chi connectivity index (χ1n) is 9.84. The van der Waals surface area contributed by atoms with Gasteiger partial charge >= 0.3 is 0 Å². The first-order valence-corrected chi connectivity index (χ1v) is 9.84. The third kappa shape index (κ3) is 6.38. The number of likely N-dealkylation sites (N-methyl/N-ethyl adjacent to an activating group) is 1. The summed E-state index contributed by atoms with van der Waals surface area (Å²) in [6, 6.07) is 20.1. The number of benzene rings is 3. The van der Waals surface area contributed by atoms with E-state index in [1.165, 1.54) is 12.1 Å². The lowest BCUT2D eigenvalue weighted by Gasteiger charge is -2.14. The number of amides is 2. The van der Waals surface area contributed by atoms with Crippen LogP contribution in [0.15, 0.2) is 72.8 Å². The molecule has 3 aromatic carbocycles. The molecular weight excluding hydrogens is 397 g/mol. The topological polar surface area (TPSA) is 71.9 Å². The van der Waals surface area contributed by atoms with Crippen molar-refractivity contribution >= 4 is 23.2 Å². The highest BCUT2D eigenvalue weighted by Gasteiger charge is 2.13. The molecule has 6 nitrogen and oxygen atoms in total. The summed E-state index contributed by atoms with van der Waals surface area (Å²) in [5.41, 5.74) is 2.46. The van der Waals surface area contributed by atoms with E-state index >= 15 is 0 Å². The molecule has 0 heterocycles. The first-order chi connectivity index (χ1) is 14.9. The van der Waals surface area contributed by atoms with E-state index < -0.39 is 0 Å². The zero-order chi connectivity index (χ0) is 22.2. The van der Waals surface area contributed by atoms with Gasteiger partial charge in [0.1, 0.15) is 18.1 Å². The first kappa shape index (κ1) is 22.0. The Kier molecular flexibility index (Phi) is 7.35. The smallest absolute Gasteiger partial charge is 0.279 e. The number of methoxy groups -OCH3 is 1. The molecule has 31 heavy (non-hydrogen) atoms. The van der Waals surface area contributed by atoms with Gasteiger partial charge in [0.15, 0.2) is 6.54 Å². The maximum absolute atomic E-state index is 13.3. The fourth-order valence-corrected chi connectivity index (χ4v) is 3.18. The van der Waals surface area contributed by atoms with E-state index in [9.17, 15) is 14.0 Å². The minimum absolute atomic E-state index is 0.167. The number of ether oxygens (including phenoxy) is 1. The summed E-state index contributed by atoms with van der Waals surface area (Å²) in [5.74, 6) is -0.157. The second-order valence-electron chi connectivity index (χ2n) is 7.22. The second kappa shape index (κ2) is 10.4. The molecule has 0 aliphatic rings. The van der Waals surface area contributed by atoms with Crippen molar-refractivity contribution in [2.75, 3.05) is 31.3 Å². The molecule has 1 atom stereocenters. The maximum Gasteiger partial charge on any atom is 0.279 e. The molecule has 0 aliphatic heterocycles. The summed E-state index contributed by atoms with van der Waals surface area (Å²) in [4.78, 5) is 25.7. The summed E-state index contributed by atoms with van der Waals surface area (Å²) < 4.78 is 18.5. The van der Waals surface area contributed by atoms with Crippen LogP contribution in [-0.2, 0) is 11.3 Å². The van der Waals surface area contributed by atoms with Crippen LogP contribution in [0.25, 0.3) is 0 Å². The quantitative estimate of drug-likeness (QED) is 0.523. The molecule has 0 bridgehead atoms. The van der Waals surface area contributed by atoms with E-state index in [1.54, 1.807) is 49.6 Å². The molecule has 0 saturated heterocycles. The van der Waals surface area contributed by atoms with Crippen LogP contribution in [0.4, 0.5) is 15.8 Å². The highest BCUT2D eigenvalue weighted by Crippen LogP contribution is 2.23. The number of carbonyl (C=O) groups is 2. The molecule has 0 saturated carbocycles. The highest BCUT2D eigenvalue weighted by atomic mass is 19.1. The number of nitrogens with one attached hydrogen (secondary N) is 3. The maximum atomic E-state index is 13.3. The number of hydrogen-bond donors (Lipinski definition) is 3. The molecule has 2 amide bonds. The molecule has 3 rings (SSSR count). The SMILES string of the molecule is COc1ccccc1NC(=O)c1ccc(NC(=O)C[NH+](C)Cc2cccc(F)c2)cc1. The summed E-state index contributed by atoms with van der Waals surface area (Å²) in [6.45, 7) is 0.764. The average Bonchev–Trinajstić information content (AvgIpc) is 2.74. The summed E-state index contributed by atoms with van der Waals surface area (Å²) >= 11 is 0. The average molecular weight is 422 g/mol. The third-order valence-corrected chi connectivity index (χ3v) is 4.64. The van der Waals surface area contributed by atoms with Crippen LogP contribution < -0.4 is 20.3 Å². The van der Waals surface area contributed by atoms with Gasteiger partial charge in [-0.15, -0.1) is 0 Å². The van der Waals surface area contributed by atoms with Gasteiger partial charge in [0.05, 0.1) is 19.8 Å². The molecular formula is C24H25FN3O3+. The highest BCUT2D eigenvalue weighted by molar-refractivity contribution is 6.05. The Balaban J connectivity index is 1.53. The third-order valence-electron chi connectivity index (χ3n) is 4.64. The summed E-state index contributed by atoms with van der Waals surface area (Å²) in [5, 5.41) is 5.63. The minimum Gasteiger partial charge on any atom is -0.495 e. The van der Waals surface area contributed by atoms with Crippen molar-refractivity contribution < 1.29 is 23.6 Å². The van der Waals surface area contributed by atoms with Crippen molar-refractivity contribution in [2.24, 2.45) is 0 Å². The Labute approximate surface area is 180 Å². The molecule has 0 aromatic heterocycles. The van der Waals surface area contributed by atoms with Crippen LogP contribution >= 0.6 is 0 Å². The van der Waals surface area contributed by atoms with E-state index in [1.807, 2.05) is 25.2 Å². The van der Waals surface area contributed by atoms with Crippen molar-refractivity contribution in [1.29, 1.82) is 0 Å². The van der Waals surface area contributed by atoms with Crippen molar-refractivity contribution in [3.63, 3.8) is 0 Å². The predicted octanol–water partition coefficient (Wildman–Crippen LogP) is 2.74. The van der Waals surface area contributed by atoms with Crippen molar-refractivity contribution in [2.45, 2.75) is 6.54 Å². The van der Waals surface area contributed by atoms with Crippen LogP contribution in [0.3, 0.4) is 0 Å². The molecule has 0 radical (unpaired) electrons. The Hall–Kier alpha value is -3.71. The fourth-order valence-electron chi connectivity index (χ4n) is 3.18. The molecule has 160 valence electrons. The van der Waals surface area contributed by atoms with Gasteiger partial charge in [-0.25, -0.2) is 4.39 Å². The Morgan fingerprint density at radius 1 is 0.968 bits per heavy atom. The fraction of sp³-hybridized carbons (Fsp3) is 0.167. The zero-order valence-corrected chi connectivity index (χ0v) is 17.4. The second-order valence-corrected chi connectivity index (χ2v) is 7.22. The molecule has 1 unspecified atom stereocenters. The van der Waals surface area contributed by atoms with E-state index in [-0.39, 0.29) is 24.2 Å². The number of anilines is 2. The Morgan fingerprint density at radius 3 is 2.42 bits per heavy atom. The zero-order valence-electron chi connectivity index (χ0n) is 17.4. The standard InChI is InChI=1S/C24H24FN3O3/c1-28(15-17-6-5-7-19(25)14-17)16-23(29)26-20-12-10-18(11-13-20)24(30)27-21-8-3-4-9-22(21)31-2/h3-14H,15-16H2,1-2H3,(H,26,29)(H,27,30)/p+1. The van der Waals surface area contributed by atoms with Gasteiger partial charge in [-0.05, 0) is 48.5 Å². The van der Waals surface area contributed by atoms with Gasteiger partial charge in [-0.2, -0.15) is 0 Å². The molecule has 7 heteroatoms. The predicted molar refractivity (Wildman–Crippen MR) is 118 cm³/mol. The molecule has 0 spiro atoms. The van der Waals surface area contributed by atoms with Crippen molar-refractivity contribution in [3.8, 4) is 5.75 Å². The molecule has 0 aliphatic carbocycles. The van der Waals surface area contributed by atoms with Crippen LogP contribution in [0.1, 0.15) is 15.9 Å². The van der Waals surface area contributed by atoms with Gasteiger partial charge in [-0.3, -0.25) is 9.59 Å². The molecule has 3 aromatic rings. The monoisotopic (exact) mass is 422 g/mol. The number of rotatable bonds is 8. The molecule has 3 N–H and O–H groups in total. The lowest BCUT2D eigenvalue weighted by Crippen LogP contribution is -3.08. The summed E-state index contributed by atoms with van der Waals surface area (Å²) in [7, 11) is 3.41. The van der Waals surface area contributed by atoms with E-state index in [0.29, 0.717) is 29.2 Å². The number of carbonyl (C=O) groups excluding carboxylic acids is 2. The Bertz CT molecular complexity index is 1050. The van der Waals surface area contributed by atoms with Gasteiger partial charge < -0.3 is 20.3 Å². The summed E-state index contributed by atoms with van der Waals surface area (Å²) in [6.07, 6.45) is 0. The molecule has 0 fully saturated rings. The van der Waals surface area contributed by atoms with Crippen molar-refractivity contribution in [3.05, 3.63) is 89.7 Å². The van der Waals surface area contributed by atoms with Gasteiger partial charge in [0.25, 0.3) is 11.8 Å². The van der Waals surface area contributed by atoms with Crippen molar-refractivity contribution in [1.82, 2.24) is 0 Å². The number of hydrogen-bond acceptors (Lipinski definition) is 3. The van der Waals surface area contributed by atoms with Gasteiger partial charge in [0, 0.05) is 16.8 Å². The van der Waals surface area contributed by atoms with E-state index in [0.717, 1.165) is 10.5 Å². The minimum atomic E-state index is -0.287.